The molecule has 2 rings (SSSR count). The lowest BCUT2D eigenvalue weighted by Crippen LogP contribution is -2.17. The van der Waals surface area contributed by atoms with Crippen molar-refractivity contribution in [3.63, 3.8) is 0 Å². The highest BCUT2D eigenvalue weighted by Gasteiger charge is 2.07. The second kappa shape index (κ2) is 5.77. The summed E-state index contributed by atoms with van der Waals surface area (Å²) in [6, 6.07) is 3.51. The Morgan fingerprint density at radius 3 is 3.06 bits per heavy atom. The van der Waals surface area contributed by atoms with Crippen molar-refractivity contribution in [1.29, 1.82) is 0 Å². The molecular weight excluding hydrogens is 252 g/mol. The third kappa shape index (κ3) is 3.40. The van der Waals surface area contributed by atoms with Crippen molar-refractivity contribution < 1.29 is 14.3 Å². The lowest BCUT2D eigenvalue weighted by molar-refractivity contribution is -0.147. The maximum absolute atomic E-state index is 11.3. The number of ether oxygens (including phenoxy) is 2. The molecule has 0 bridgehead atoms. The predicted molar refractivity (Wildman–Crippen MR) is 68.7 cm³/mol. The van der Waals surface area contributed by atoms with Crippen LogP contribution in [-0.2, 0) is 9.53 Å². The molecule has 6 heteroatoms. The number of carbonyl (C=O) groups excluding carboxylic acids is 1. The molecule has 0 aliphatic carbocycles. The summed E-state index contributed by atoms with van der Waals surface area (Å²) in [7, 11) is 0. The van der Waals surface area contributed by atoms with Gasteiger partial charge in [0, 0.05) is 6.07 Å². The molecule has 0 spiro atoms. The number of carbonyl (C=O) groups is 1. The van der Waals surface area contributed by atoms with Gasteiger partial charge in [0.1, 0.15) is 10.3 Å². The van der Waals surface area contributed by atoms with E-state index >= 15 is 0 Å². The van der Waals surface area contributed by atoms with Crippen molar-refractivity contribution in [2.24, 2.45) is 5.92 Å². The SMILES string of the molecule is CC(C)COC(=O)COc1ccc2ncsc2n1. The monoisotopic (exact) mass is 266 g/mol. The summed E-state index contributed by atoms with van der Waals surface area (Å²) in [5.74, 6) is 0.351. The van der Waals surface area contributed by atoms with Crippen LogP contribution in [0.3, 0.4) is 0 Å². The highest BCUT2D eigenvalue weighted by atomic mass is 32.1. The summed E-state index contributed by atoms with van der Waals surface area (Å²) >= 11 is 1.43. The summed E-state index contributed by atoms with van der Waals surface area (Å²) in [5, 5.41) is 0. The van der Waals surface area contributed by atoms with Gasteiger partial charge in [0.05, 0.1) is 12.1 Å². The lowest BCUT2D eigenvalue weighted by atomic mass is 10.2. The lowest BCUT2D eigenvalue weighted by Gasteiger charge is -2.07. The molecule has 96 valence electrons. The average Bonchev–Trinajstić information content (AvgIpc) is 2.81. The highest BCUT2D eigenvalue weighted by Crippen LogP contribution is 2.18. The van der Waals surface area contributed by atoms with Gasteiger partial charge in [-0.1, -0.05) is 13.8 Å². The largest absolute Gasteiger partial charge is 0.466 e. The molecule has 0 saturated heterocycles. The van der Waals surface area contributed by atoms with Crippen LogP contribution in [-0.4, -0.2) is 29.2 Å². The Balaban J connectivity index is 1.87. The zero-order valence-corrected chi connectivity index (χ0v) is 11.1. The molecule has 2 aromatic rings. The first-order valence-electron chi connectivity index (χ1n) is 5.64. The van der Waals surface area contributed by atoms with E-state index in [1.165, 1.54) is 11.3 Å². The first-order valence-corrected chi connectivity index (χ1v) is 6.52. The van der Waals surface area contributed by atoms with Crippen molar-refractivity contribution in [2.45, 2.75) is 13.8 Å². The summed E-state index contributed by atoms with van der Waals surface area (Å²) in [6.07, 6.45) is 0. The van der Waals surface area contributed by atoms with E-state index < -0.39 is 0 Å². The van der Waals surface area contributed by atoms with Crippen molar-refractivity contribution in [3.8, 4) is 5.88 Å². The van der Waals surface area contributed by atoms with Crippen LogP contribution in [0.2, 0.25) is 0 Å². The fourth-order valence-corrected chi connectivity index (χ4v) is 1.90. The van der Waals surface area contributed by atoms with Gasteiger partial charge in [-0.25, -0.2) is 14.8 Å². The minimum atomic E-state index is -0.380. The predicted octanol–water partition coefficient (Wildman–Crippen LogP) is 2.27. The summed E-state index contributed by atoms with van der Waals surface area (Å²) < 4.78 is 10.3. The molecule has 0 unspecified atom stereocenters. The molecule has 0 aromatic carbocycles. The van der Waals surface area contributed by atoms with Crippen molar-refractivity contribution in [1.82, 2.24) is 9.97 Å². The van der Waals surface area contributed by atoms with E-state index in [-0.39, 0.29) is 12.6 Å². The average molecular weight is 266 g/mol. The van der Waals surface area contributed by atoms with Crippen LogP contribution in [0, 0.1) is 5.92 Å². The van der Waals surface area contributed by atoms with Gasteiger partial charge in [-0.15, -0.1) is 11.3 Å². The van der Waals surface area contributed by atoms with E-state index in [2.05, 4.69) is 9.97 Å². The minimum Gasteiger partial charge on any atom is -0.466 e. The Morgan fingerprint density at radius 2 is 2.28 bits per heavy atom. The Morgan fingerprint density at radius 1 is 1.44 bits per heavy atom. The molecule has 18 heavy (non-hydrogen) atoms. The number of aromatic nitrogens is 2. The van der Waals surface area contributed by atoms with Crippen LogP contribution in [0.5, 0.6) is 5.88 Å². The van der Waals surface area contributed by atoms with Crippen LogP contribution < -0.4 is 4.74 Å². The Kier molecular flexibility index (Phi) is 4.09. The topological polar surface area (TPSA) is 61.3 Å². The van der Waals surface area contributed by atoms with E-state index in [0.29, 0.717) is 18.4 Å². The summed E-state index contributed by atoms with van der Waals surface area (Å²) in [4.78, 5) is 20.5. The van der Waals surface area contributed by atoms with Gasteiger partial charge >= 0.3 is 5.97 Å². The molecule has 0 aliphatic heterocycles. The normalized spacial score (nSPS) is 10.8. The van der Waals surface area contributed by atoms with Crippen molar-refractivity contribution in [3.05, 3.63) is 17.6 Å². The van der Waals surface area contributed by atoms with E-state index in [0.717, 1.165) is 10.3 Å². The Hall–Kier alpha value is -1.69. The molecule has 0 N–H and O–H groups in total. The third-order valence-electron chi connectivity index (χ3n) is 2.09. The number of hydrogen-bond donors (Lipinski definition) is 0. The van der Waals surface area contributed by atoms with Crippen LogP contribution in [0.25, 0.3) is 10.3 Å². The maximum Gasteiger partial charge on any atom is 0.344 e. The van der Waals surface area contributed by atoms with E-state index in [1.807, 2.05) is 19.9 Å². The number of fused-ring (bicyclic) bond motifs is 1. The molecule has 2 heterocycles. The van der Waals surface area contributed by atoms with Gasteiger partial charge in [-0.3, -0.25) is 0 Å². The highest BCUT2D eigenvalue weighted by molar-refractivity contribution is 7.16. The van der Waals surface area contributed by atoms with Crippen LogP contribution in [0.15, 0.2) is 17.6 Å². The molecule has 0 atom stereocenters. The van der Waals surface area contributed by atoms with Gasteiger partial charge in [-0.05, 0) is 12.0 Å². The molecule has 0 radical (unpaired) electrons. The Bertz CT molecular complexity index is 539. The minimum absolute atomic E-state index is 0.121. The fourth-order valence-electron chi connectivity index (χ4n) is 1.25. The molecule has 0 aliphatic rings. The number of hydrogen-bond acceptors (Lipinski definition) is 6. The molecular formula is C12H14N2O3S. The second-order valence-electron chi connectivity index (χ2n) is 4.19. The van der Waals surface area contributed by atoms with Gasteiger partial charge in [0.25, 0.3) is 0 Å². The van der Waals surface area contributed by atoms with Gasteiger partial charge in [0.2, 0.25) is 5.88 Å². The van der Waals surface area contributed by atoms with E-state index in [4.69, 9.17) is 9.47 Å². The van der Waals surface area contributed by atoms with Crippen molar-refractivity contribution >= 4 is 27.7 Å². The van der Waals surface area contributed by atoms with Crippen molar-refractivity contribution in [2.75, 3.05) is 13.2 Å². The first kappa shape index (κ1) is 12.8. The number of rotatable bonds is 5. The number of thiazole rings is 1. The van der Waals surface area contributed by atoms with Gasteiger partial charge < -0.3 is 9.47 Å². The number of nitrogens with zero attached hydrogens (tertiary/aromatic N) is 2. The number of pyridine rings is 1. The van der Waals surface area contributed by atoms with E-state index in [9.17, 15) is 4.79 Å². The quantitative estimate of drug-likeness (QED) is 0.777. The van der Waals surface area contributed by atoms with Gasteiger partial charge in [0.15, 0.2) is 6.61 Å². The third-order valence-corrected chi connectivity index (χ3v) is 2.82. The molecule has 5 nitrogen and oxygen atoms in total. The standard InChI is InChI=1S/C12H14N2O3S/c1-8(2)5-17-11(15)6-16-10-4-3-9-12(14-10)18-7-13-9/h3-4,7-8H,5-6H2,1-2H3. The second-order valence-corrected chi connectivity index (χ2v) is 5.02. The number of esters is 1. The zero-order valence-electron chi connectivity index (χ0n) is 10.3. The van der Waals surface area contributed by atoms with Crippen LogP contribution in [0.4, 0.5) is 0 Å². The van der Waals surface area contributed by atoms with Crippen LogP contribution >= 0.6 is 11.3 Å². The molecule has 0 fully saturated rings. The summed E-state index contributed by atoms with van der Waals surface area (Å²) in [6.45, 7) is 4.24. The molecule has 0 saturated carbocycles. The fraction of sp³-hybridized carbons (Fsp3) is 0.417. The van der Waals surface area contributed by atoms with Gasteiger partial charge in [-0.2, -0.15) is 0 Å². The zero-order chi connectivity index (χ0) is 13.0. The smallest absolute Gasteiger partial charge is 0.344 e. The first-order chi connectivity index (χ1) is 8.65. The Labute approximate surface area is 109 Å². The molecule has 2 aromatic heterocycles. The van der Waals surface area contributed by atoms with Crippen LogP contribution in [0.1, 0.15) is 13.8 Å². The summed E-state index contributed by atoms with van der Waals surface area (Å²) in [5.41, 5.74) is 2.55. The maximum atomic E-state index is 11.3. The van der Waals surface area contributed by atoms with E-state index in [1.54, 1.807) is 11.6 Å². The molecule has 0 amide bonds.